The van der Waals surface area contributed by atoms with Gasteiger partial charge in [0.05, 0.1) is 0 Å². The SMILES string of the molecule is C=CCSc1nn2cnnc2s1. The van der Waals surface area contributed by atoms with Crippen molar-refractivity contribution in [2.75, 3.05) is 5.75 Å². The monoisotopic (exact) mass is 198 g/mol. The summed E-state index contributed by atoms with van der Waals surface area (Å²) in [5.74, 6) is 0.879. The highest BCUT2D eigenvalue weighted by Gasteiger charge is 2.03. The second-order valence-electron chi connectivity index (χ2n) is 2.03. The van der Waals surface area contributed by atoms with Crippen molar-refractivity contribution in [3.63, 3.8) is 0 Å². The number of hydrogen-bond donors (Lipinski definition) is 0. The Morgan fingerprint density at radius 3 is 3.42 bits per heavy atom. The van der Waals surface area contributed by atoms with E-state index in [0.29, 0.717) is 0 Å². The van der Waals surface area contributed by atoms with Gasteiger partial charge in [0.15, 0.2) is 4.34 Å². The predicted octanol–water partition coefficient (Wildman–Crippen LogP) is 1.46. The third-order valence-electron chi connectivity index (χ3n) is 1.19. The first-order chi connectivity index (χ1) is 5.90. The summed E-state index contributed by atoms with van der Waals surface area (Å²) < 4.78 is 2.68. The van der Waals surface area contributed by atoms with E-state index in [2.05, 4.69) is 21.9 Å². The van der Waals surface area contributed by atoms with Gasteiger partial charge < -0.3 is 0 Å². The van der Waals surface area contributed by atoms with E-state index in [1.807, 2.05) is 6.08 Å². The fourth-order valence-electron chi connectivity index (χ4n) is 0.730. The van der Waals surface area contributed by atoms with Crippen LogP contribution in [-0.4, -0.2) is 25.6 Å². The average molecular weight is 198 g/mol. The highest BCUT2D eigenvalue weighted by atomic mass is 32.2. The van der Waals surface area contributed by atoms with Crippen LogP contribution in [0.2, 0.25) is 0 Å². The molecule has 2 aromatic heterocycles. The highest BCUT2D eigenvalue weighted by Crippen LogP contribution is 2.22. The van der Waals surface area contributed by atoms with Gasteiger partial charge in [0.1, 0.15) is 6.33 Å². The van der Waals surface area contributed by atoms with Crippen LogP contribution in [0, 0.1) is 0 Å². The number of rotatable bonds is 3. The summed E-state index contributed by atoms with van der Waals surface area (Å²) >= 11 is 3.19. The molecule has 0 saturated carbocycles. The molecule has 0 radical (unpaired) electrons. The Labute approximate surface area is 77.3 Å². The number of hydrogen-bond acceptors (Lipinski definition) is 5. The van der Waals surface area contributed by atoms with E-state index in [9.17, 15) is 0 Å². The van der Waals surface area contributed by atoms with Gasteiger partial charge in [-0.2, -0.15) is 4.52 Å². The van der Waals surface area contributed by atoms with Crippen LogP contribution in [0.1, 0.15) is 0 Å². The first-order valence-corrected chi connectivity index (χ1v) is 5.11. The molecule has 62 valence electrons. The molecule has 2 rings (SSSR count). The Balaban J connectivity index is 2.26. The Morgan fingerprint density at radius 2 is 2.67 bits per heavy atom. The minimum absolute atomic E-state index is 0.835. The molecule has 0 N–H and O–H groups in total. The molecule has 0 aliphatic carbocycles. The molecule has 0 amide bonds. The van der Waals surface area contributed by atoms with Gasteiger partial charge >= 0.3 is 0 Å². The molecule has 0 bridgehead atoms. The van der Waals surface area contributed by atoms with E-state index in [1.54, 1.807) is 22.6 Å². The van der Waals surface area contributed by atoms with Crippen molar-refractivity contribution < 1.29 is 0 Å². The summed E-state index contributed by atoms with van der Waals surface area (Å²) in [6, 6.07) is 0. The Morgan fingerprint density at radius 1 is 1.75 bits per heavy atom. The van der Waals surface area contributed by atoms with Gasteiger partial charge in [-0.15, -0.1) is 21.9 Å². The average Bonchev–Trinajstić information content (AvgIpc) is 2.58. The summed E-state index contributed by atoms with van der Waals surface area (Å²) in [6.07, 6.45) is 3.46. The number of fused-ring (bicyclic) bond motifs is 1. The molecule has 0 aliphatic heterocycles. The van der Waals surface area contributed by atoms with Crippen molar-refractivity contribution in [3.05, 3.63) is 19.0 Å². The molecule has 4 nitrogen and oxygen atoms in total. The first kappa shape index (κ1) is 7.75. The van der Waals surface area contributed by atoms with Gasteiger partial charge in [0.25, 0.3) is 0 Å². The lowest BCUT2D eigenvalue weighted by molar-refractivity contribution is 0.902. The molecule has 0 fully saturated rings. The van der Waals surface area contributed by atoms with Crippen molar-refractivity contribution in [3.8, 4) is 0 Å². The number of thioether (sulfide) groups is 1. The minimum atomic E-state index is 0.835. The maximum absolute atomic E-state index is 4.24. The van der Waals surface area contributed by atoms with Crippen LogP contribution in [0.15, 0.2) is 23.3 Å². The molecule has 0 unspecified atom stereocenters. The van der Waals surface area contributed by atoms with Crippen molar-refractivity contribution in [2.24, 2.45) is 0 Å². The summed E-state index contributed by atoms with van der Waals surface area (Å²) in [7, 11) is 0. The lowest BCUT2D eigenvalue weighted by Crippen LogP contribution is -1.80. The minimum Gasteiger partial charge on any atom is -0.190 e. The zero-order valence-electron chi connectivity index (χ0n) is 6.17. The quantitative estimate of drug-likeness (QED) is 0.553. The largest absolute Gasteiger partial charge is 0.235 e. The van der Waals surface area contributed by atoms with Crippen LogP contribution in [0.5, 0.6) is 0 Å². The third kappa shape index (κ3) is 1.35. The zero-order chi connectivity index (χ0) is 8.39. The van der Waals surface area contributed by atoms with Crippen molar-refractivity contribution in [1.29, 1.82) is 0 Å². The number of nitrogens with zero attached hydrogens (tertiary/aromatic N) is 4. The van der Waals surface area contributed by atoms with E-state index in [0.717, 1.165) is 15.1 Å². The van der Waals surface area contributed by atoms with E-state index < -0.39 is 0 Å². The van der Waals surface area contributed by atoms with Crippen LogP contribution >= 0.6 is 23.1 Å². The van der Waals surface area contributed by atoms with Gasteiger partial charge in [-0.25, -0.2) is 0 Å². The van der Waals surface area contributed by atoms with Crippen molar-refractivity contribution in [1.82, 2.24) is 19.8 Å². The molecule has 0 saturated heterocycles. The second-order valence-corrected chi connectivity index (χ2v) is 4.25. The summed E-state index contributed by atoms with van der Waals surface area (Å²) in [4.78, 5) is 0.835. The Bertz CT molecular complexity index is 362. The lowest BCUT2D eigenvalue weighted by atomic mass is 10.8. The first-order valence-electron chi connectivity index (χ1n) is 3.30. The molecule has 0 atom stereocenters. The summed E-state index contributed by atoms with van der Waals surface area (Å²) in [6.45, 7) is 3.64. The Hall–Kier alpha value is -0.880. The highest BCUT2D eigenvalue weighted by molar-refractivity contribution is 8.01. The van der Waals surface area contributed by atoms with E-state index in [-0.39, 0.29) is 0 Å². The maximum atomic E-state index is 4.24. The molecule has 0 spiro atoms. The molecule has 0 aromatic carbocycles. The maximum Gasteiger partial charge on any atom is 0.235 e. The Kier molecular flexibility index (Phi) is 2.09. The zero-order valence-corrected chi connectivity index (χ0v) is 7.81. The van der Waals surface area contributed by atoms with Gasteiger partial charge in [0, 0.05) is 5.75 Å². The molecule has 2 aromatic rings. The van der Waals surface area contributed by atoms with Gasteiger partial charge in [0.2, 0.25) is 4.96 Å². The predicted molar refractivity (Wildman–Crippen MR) is 49.6 cm³/mol. The fourth-order valence-corrected chi connectivity index (χ4v) is 2.35. The van der Waals surface area contributed by atoms with Crippen LogP contribution in [-0.2, 0) is 0 Å². The van der Waals surface area contributed by atoms with Crippen molar-refractivity contribution >= 4 is 28.1 Å². The van der Waals surface area contributed by atoms with E-state index in [4.69, 9.17) is 0 Å². The fraction of sp³-hybridized carbons (Fsp3) is 0.167. The van der Waals surface area contributed by atoms with Gasteiger partial charge in [-0.1, -0.05) is 29.2 Å². The summed E-state index contributed by atoms with van der Waals surface area (Å²) in [5.41, 5.74) is 0. The van der Waals surface area contributed by atoms with E-state index in [1.165, 1.54) is 11.3 Å². The van der Waals surface area contributed by atoms with Gasteiger partial charge in [-0.3, -0.25) is 0 Å². The second kappa shape index (κ2) is 3.24. The topological polar surface area (TPSA) is 43.1 Å². The molecular weight excluding hydrogens is 192 g/mol. The molecule has 2 heterocycles. The van der Waals surface area contributed by atoms with Crippen LogP contribution in [0.4, 0.5) is 0 Å². The summed E-state index contributed by atoms with van der Waals surface area (Å²) in [5, 5.41) is 11.8. The normalized spacial score (nSPS) is 10.7. The van der Waals surface area contributed by atoms with Gasteiger partial charge in [-0.05, 0) is 0 Å². The van der Waals surface area contributed by atoms with Crippen LogP contribution in [0.25, 0.3) is 4.96 Å². The van der Waals surface area contributed by atoms with Crippen LogP contribution < -0.4 is 0 Å². The smallest absolute Gasteiger partial charge is 0.190 e. The standard InChI is InChI=1S/C6H6N4S2/c1-2-3-11-6-9-10-4-7-8-5(10)12-6/h2,4H,1,3H2. The number of aromatic nitrogens is 4. The molecule has 12 heavy (non-hydrogen) atoms. The molecule has 6 heteroatoms. The van der Waals surface area contributed by atoms with Crippen LogP contribution in [0.3, 0.4) is 0 Å². The lowest BCUT2D eigenvalue weighted by Gasteiger charge is -1.85. The van der Waals surface area contributed by atoms with Crippen molar-refractivity contribution in [2.45, 2.75) is 4.34 Å². The molecule has 0 aliphatic rings. The molecular formula is C6H6N4S2. The van der Waals surface area contributed by atoms with E-state index >= 15 is 0 Å². The third-order valence-corrected chi connectivity index (χ3v) is 3.23.